The first kappa shape index (κ1) is 17.8. The smallest absolute Gasteiger partial charge is 0.240 e. The number of hydrogen-bond acceptors (Lipinski definition) is 4. The number of carbonyl (C=O) groups excluding carboxylic acids is 1. The summed E-state index contributed by atoms with van der Waals surface area (Å²) in [6.45, 7) is 4.42. The van der Waals surface area contributed by atoms with E-state index in [9.17, 15) is 13.2 Å². The standard InChI is InChI=1S/C17H24N2O3S2/c1-12-3-5-14(6-4-12)18-24(21,22)15-7-8-16-17(11-15)23-10-9-19(16)13(2)20/h7-8,11-12,14,18H,3-6,9-10H2,1-2H3. The monoisotopic (exact) mass is 368 g/mol. The van der Waals surface area contributed by atoms with Gasteiger partial charge in [0.2, 0.25) is 15.9 Å². The van der Waals surface area contributed by atoms with Gasteiger partial charge in [-0.1, -0.05) is 6.92 Å². The number of thioether (sulfide) groups is 1. The summed E-state index contributed by atoms with van der Waals surface area (Å²) in [5, 5.41) is 0. The molecule has 1 N–H and O–H groups in total. The Morgan fingerprint density at radius 3 is 2.62 bits per heavy atom. The van der Waals surface area contributed by atoms with Crippen LogP contribution in [0.2, 0.25) is 0 Å². The number of anilines is 1. The average Bonchev–Trinajstić information content (AvgIpc) is 2.55. The normalized spacial score (nSPS) is 24.5. The molecule has 0 atom stereocenters. The predicted octanol–water partition coefficient (Wildman–Crippen LogP) is 3.00. The number of fused-ring (bicyclic) bond motifs is 1. The summed E-state index contributed by atoms with van der Waals surface area (Å²) in [6, 6.07) is 5.08. The van der Waals surface area contributed by atoms with Crippen molar-refractivity contribution in [2.75, 3.05) is 17.2 Å². The minimum atomic E-state index is -3.52. The van der Waals surface area contributed by atoms with Crippen molar-refractivity contribution < 1.29 is 13.2 Å². The summed E-state index contributed by atoms with van der Waals surface area (Å²) in [6.07, 6.45) is 3.94. The predicted molar refractivity (Wildman–Crippen MR) is 96.9 cm³/mol. The second-order valence-corrected chi connectivity index (χ2v) is 9.58. The third-order valence-electron chi connectivity index (χ3n) is 4.82. The molecule has 0 bridgehead atoms. The van der Waals surface area contributed by atoms with Crippen LogP contribution in [0.1, 0.15) is 39.5 Å². The maximum atomic E-state index is 12.7. The van der Waals surface area contributed by atoms with Gasteiger partial charge in [0, 0.05) is 30.2 Å². The molecule has 1 amide bonds. The molecule has 7 heteroatoms. The highest BCUT2D eigenvalue weighted by Crippen LogP contribution is 2.36. The first-order valence-corrected chi connectivity index (χ1v) is 10.9. The maximum Gasteiger partial charge on any atom is 0.240 e. The number of nitrogens with zero attached hydrogens (tertiary/aromatic N) is 1. The van der Waals surface area contributed by atoms with Gasteiger partial charge in [-0.25, -0.2) is 13.1 Å². The average molecular weight is 369 g/mol. The lowest BCUT2D eigenvalue weighted by Crippen LogP contribution is -2.37. The van der Waals surface area contributed by atoms with Crippen molar-refractivity contribution in [1.82, 2.24) is 4.72 Å². The van der Waals surface area contributed by atoms with E-state index in [-0.39, 0.29) is 16.8 Å². The van der Waals surface area contributed by atoms with E-state index in [0.717, 1.165) is 42.0 Å². The fraction of sp³-hybridized carbons (Fsp3) is 0.588. The van der Waals surface area contributed by atoms with Crippen LogP contribution in [0.15, 0.2) is 28.0 Å². The molecule has 0 radical (unpaired) electrons. The molecule has 24 heavy (non-hydrogen) atoms. The van der Waals surface area contributed by atoms with E-state index in [2.05, 4.69) is 11.6 Å². The van der Waals surface area contributed by atoms with Crippen LogP contribution in [-0.2, 0) is 14.8 Å². The lowest BCUT2D eigenvalue weighted by atomic mass is 9.88. The Kier molecular flexibility index (Phi) is 5.22. The maximum absolute atomic E-state index is 12.7. The van der Waals surface area contributed by atoms with Crippen LogP contribution in [0.25, 0.3) is 0 Å². The molecule has 132 valence electrons. The molecular formula is C17H24N2O3S2. The molecule has 3 rings (SSSR count). The van der Waals surface area contributed by atoms with Gasteiger partial charge in [0.15, 0.2) is 0 Å². The van der Waals surface area contributed by atoms with Crippen LogP contribution in [0.4, 0.5) is 5.69 Å². The number of amides is 1. The van der Waals surface area contributed by atoms with E-state index in [1.807, 2.05) is 0 Å². The van der Waals surface area contributed by atoms with E-state index in [4.69, 9.17) is 0 Å². The third-order valence-corrected chi connectivity index (χ3v) is 7.37. The van der Waals surface area contributed by atoms with Gasteiger partial charge in [-0.2, -0.15) is 0 Å². The number of benzene rings is 1. The molecule has 1 saturated carbocycles. The molecule has 1 fully saturated rings. The molecule has 0 spiro atoms. The third kappa shape index (κ3) is 3.78. The Balaban J connectivity index is 1.80. The summed E-state index contributed by atoms with van der Waals surface area (Å²) in [5.74, 6) is 1.45. The summed E-state index contributed by atoms with van der Waals surface area (Å²) in [5.41, 5.74) is 0.809. The lowest BCUT2D eigenvalue weighted by molar-refractivity contribution is -0.116. The molecule has 1 aromatic rings. The van der Waals surface area contributed by atoms with Crippen LogP contribution in [0, 0.1) is 5.92 Å². The molecule has 1 aliphatic heterocycles. The van der Waals surface area contributed by atoms with Crippen molar-refractivity contribution in [3.63, 3.8) is 0 Å². The number of sulfonamides is 1. The van der Waals surface area contributed by atoms with Gasteiger partial charge in [0.25, 0.3) is 0 Å². The van der Waals surface area contributed by atoms with E-state index in [1.54, 1.807) is 34.9 Å². The number of hydrogen-bond donors (Lipinski definition) is 1. The Labute approximate surface area is 148 Å². The molecule has 1 aromatic carbocycles. The molecular weight excluding hydrogens is 344 g/mol. The first-order valence-electron chi connectivity index (χ1n) is 8.44. The van der Waals surface area contributed by atoms with E-state index in [0.29, 0.717) is 12.5 Å². The van der Waals surface area contributed by atoms with Crippen LogP contribution in [0.3, 0.4) is 0 Å². The topological polar surface area (TPSA) is 66.5 Å². The quantitative estimate of drug-likeness (QED) is 0.891. The largest absolute Gasteiger partial charge is 0.311 e. The van der Waals surface area contributed by atoms with E-state index < -0.39 is 10.0 Å². The molecule has 1 aliphatic carbocycles. The fourth-order valence-electron chi connectivity index (χ4n) is 3.36. The highest BCUT2D eigenvalue weighted by Gasteiger charge is 2.26. The molecule has 1 heterocycles. The minimum Gasteiger partial charge on any atom is -0.311 e. The van der Waals surface area contributed by atoms with E-state index >= 15 is 0 Å². The highest BCUT2D eigenvalue weighted by molar-refractivity contribution is 7.99. The molecule has 2 aliphatic rings. The highest BCUT2D eigenvalue weighted by atomic mass is 32.2. The summed E-state index contributed by atoms with van der Waals surface area (Å²) in [7, 11) is -3.52. The number of carbonyl (C=O) groups is 1. The van der Waals surface area contributed by atoms with Gasteiger partial charge in [-0.3, -0.25) is 4.79 Å². The molecule has 5 nitrogen and oxygen atoms in total. The number of nitrogens with one attached hydrogen (secondary N) is 1. The zero-order valence-corrected chi connectivity index (χ0v) is 15.8. The van der Waals surface area contributed by atoms with Crippen LogP contribution in [-0.4, -0.2) is 32.7 Å². The Bertz CT molecular complexity index is 725. The van der Waals surface area contributed by atoms with Crippen molar-refractivity contribution >= 4 is 33.4 Å². The molecule has 0 saturated heterocycles. The number of rotatable bonds is 3. The lowest BCUT2D eigenvalue weighted by Gasteiger charge is -2.29. The van der Waals surface area contributed by atoms with Crippen molar-refractivity contribution in [3.05, 3.63) is 18.2 Å². The Hall–Kier alpha value is -1.05. The van der Waals surface area contributed by atoms with Gasteiger partial charge in [0.05, 0.1) is 10.6 Å². The zero-order chi connectivity index (χ0) is 17.3. The van der Waals surface area contributed by atoms with Crippen molar-refractivity contribution in [1.29, 1.82) is 0 Å². The Morgan fingerprint density at radius 2 is 1.96 bits per heavy atom. The van der Waals surface area contributed by atoms with Crippen molar-refractivity contribution in [2.45, 2.75) is 55.4 Å². The second-order valence-electron chi connectivity index (χ2n) is 6.73. The van der Waals surface area contributed by atoms with Crippen molar-refractivity contribution in [2.24, 2.45) is 5.92 Å². The van der Waals surface area contributed by atoms with Gasteiger partial charge in [-0.15, -0.1) is 11.8 Å². The van der Waals surface area contributed by atoms with E-state index in [1.165, 1.54) is 6.92 Å². The second kappa shape index (κ2) is 7.06. The van der Waals surface area contributed by atoms with Gasteiger partial charge in [-0.05, 0) is 49.8 Å². The fourth-order valence-corrected chi connectivity index (χ4v) is 5.80. The summed E-state index contributed by atoms with van der Waals surface area (Å²) < 4.78 is 28.2. The first-order chi connectivity index (χ1) is 11.4. The van der Waals surface area contributed by atoms with Gasteiger partial charge in [0.1, 0.15) is 0 Å². The molecule has 0 unspecified atom stereocenters. The van der Waals surface area contributed by atoms with Crippen LogP contribution >= 0.6 is 11.8 Å². The zero-order valence-electron chi connectivity index (χ0n) is 14.1. The van der Waals surface area contributed by atoms with Crippen molar-refractivity contribution in [3.8, 4) is 0 Å². The van der Waals surface area contributed by atoms with Crippen LogP contribution in [0.5, 0.6) is 0 Å². The SMILES string of the molecule is CC(=O)N1CCSc2cc(S(=O)(=O)NC3CCC(C)CC3)ccc21. The minimum absolute atomic E-state index is 0.0124. The summed E-state index contributed by atoms with van der Waals surface area (Å²) in [4.78, 5) is 14.6. The van der Waals surface area contributed by atoms with Gasteiger partial charge >= 0.3 is 0 Å². The Morgan fingerprint density at radius 1 is 1.25 bits per heavy atom. The van der Waals surface area contributed by atoms with Gasteiger partial charge < -0.3 is 4.90 Å². The molecule has 0 aromatic heterocycles. The van der Waals surface area contributed by atoms with Crippen LogP contribution < -0.4 is 9.62 Å². The summed E-state index contributed by atoms with van der Waals surface area (Å²) >= 11 is 1.60.